The minimum Gasteiger partial charge on any atom is -0.309 e. The Bertz CT molecular complexity index is 832. The van der Waals surface area contributed by atoms with Gasteiger partial charge in [-0.3, -0.25) is 14.4 Å². The van der Waals surface area contributed by atoms with Crippen molar-refractivity contribution in [3.8, 4) is 0 Å². The zero-order valence-corrected chi connectivity index (χ0v) is 15.7. The Hall–Kier alpha value is -1.69. The molecule has 136 valence electrons. The van der Waals surface area contributed by atoms with E-state index in [0.717, 1.165) is 18.3 Å². The van der Waals surface area contributed by atoms with E-state index in [0.29, 0.717) is 28.5 Å². The van der Waals surface area contributed by atoms with Gasteiger partial charge >= 0.3 is 0 Å². The van der Waals surface area contributed by atoms with Crippen molar-refractivity contribution >= 4 is 11.0 Å². The molecule has 2 aromatic rings. The molecule has 2 atom stereocenters. The minimum atomic E-state index is -0.0822. The van der Waals surface area contributed by atoms with Crippen LogP contribution in [0.2, 0.25) is 0 Å². The summed E-state index contributed by atoms with van der Waals surface area (Å²) in [7, 11) is 1.84. The molecule has 2 saturated carbocycles. The Balaban J connectivity index is 1.62. The van der Waals surface area contributed by atoms with Crippen LogP contribution in [-0.4, -0.2) is 36.7 Å². The van der Waals surface area contributed by atoms with Crippen LogP contribution in [0.15, 0.2) is 11.0 Å². The Morgan fingerprint density at radius 2 is 2.08 bits per heavy atom. The van der Waals surface area contributed by atoms with Crippen molar-refractivity contribution in [1.82, 2.24) is 24.6 Å². The van der Waals surface area contributed by atoms with Gasteiger partial charge in [-0.15, -0.1) is 0 Å². The Kier molecular flexibility index (Phi) is 3.98. The highest BCUT2D eigenvalue weighted by molar-refractivity contribution is 5.72. The lowest BCUT2D eigenvalue weighted by Crippen LogP contribution is -2.44. The van der Waals surface area contributed by atoms with Crippen molar-refractivity contribution in [3.63, 3.8) is 0 Å². The third-order valence-corrected chi connectivity index (χ3v) is 5.83. The van der Waals surface area contributed by atoms with Gasteiger partial charge in [0, 0.05) is 19.1 Å². The van der Waals surface area contributed by atoms with Crippen LogP contribution in [0.1, 0.15) is 58.7 Å². The first-order valence-electron chi connectivity index (χ1n) is 9.49. The third-order valence-electron chi connectivity index (χ3n) is 5.83. The molecule has 0 unspecified atom stereocenters. The number of nitrogens with zero attached hydrogens (tertiary/aromatic N) is 4. The average molecular weight is 343 g/mol. The molecular weight excluding hydrogens is 314 g/mol. The maximum Gasteiger partial charge on any atom is 0.262 e. The fraction of sp³-hybridized carbons (Fsp3) is 0.737. The minimum absolute atomic E-state index is 0.0822. The van der Waals surface area contributed by atoms with Crippen LogP contribution < -0.4 is 5.56 Å². The van der Waals surface area contributed by atoms with Crippen LogP contribution in [0.25, 0.3) is 11.0 Å². The summed E-state index contributed by atoms with van der Waals surface area (Å²) in [5, 5.41) is 4.73. The third kappa shape index (κ3) is 3.36. The molecule has 0 radical (unpaired) electrons. The number of aromatic amines is 1. The molecule has 25 heavy (non-hydrogen) atoms. The molecule has 2 fully saturated rings. The number of hydrogen-bond donors (Lipinski definition) is 1. The van der Waals surface area contributed by atoms with Gasteiger partial charge in [-0.05, 0) is 43.4 Å². The van der Waals surface area contributed by atoms with E-state index < -0.39 is 0 Å². The lowest BCUT2D eigenvalue weighted by molar-refractivity contribution is 0.0549. The summed E-state index contributed by atoms with van der Waals surface area (Å²) in [6.45, 7) is 7.89. The zero-order valence-electron chi connectivity index (χ0n) is 15.7. The number of H-pyrrole nitrogens is 1. The Labute approximate surface area is 148 Å². The summed E-state index contributed by atoms with van der Waals surface area (Å²) < 4.78 is 1.68. The van der Waals surface area contributed by atoms with E-state index in [-0.39, 0.29) is 5.56 Å². The molecule has 2 aliphatic carbocycles. The molecule has 6 nitrogen and oxygen atoms in total. The molecule has 0 spiro atoms. The molecular formula is C19H29N5O. The van der Waals surface area contributed by atoms with Crippen LogP contribution in [0.3, 0.4) is 0 Å². The number of fused-ring (bicyclic) bond motifs is 1. The SMILES string of the molecule is C[C@@H]1C[C@H](N(Cc2nc3c(cnn3C)c(=O)[nH]2)C2CC2)CC(C)(C)C1. The molecule has 0 amide bonds. The quantitative estimate of drug-likeness (QED) is 0.927. The maximum absolute atomic E-state index is 12.3. The molecule has 6 heteroatoms. The standard InChI is InChI=1S/C19H29N5O/c1-12-7-14(9-19(2,3)8-12)24(13-5-6-13)11-16-21-17-15(18(25)22-16)10-20-23(17)4/h10,12-14H,5-9,11H2,1-4H3,(H,21,22,25)/t12-,14+/m1/s1. The maximum atomic E-state index is 12.3. The second-order valence-electron chi connectivity index (χ2n) is 8.99. The van der Waals surface area contributed by atoms with Crippen molar-refractivity contribution in [3.05, 3.63) is 22.4 Å². The molecule has 0 saturated heterocycles. The van der Waals surface area contributed by atoms with Crippen LogP contribution in [0.5, 0.6) is 0 Å². The van der Waals surface area contributed by atoms with Crippen molar-refractivity contribution in [2.24, 2.45) is 18.4 Å². The summed E-state index contributed by atoms with van der Waals surface area (Å²) in [6, 6.07) is 1.23. The molecule has 2 heterocycles. The van der Waals surface area contributed by atoms with Gasteiger partial charge in [-0.25, -0.2) is 4.98 Å². The molecule has 0 bridgehead atoms. The summed E-state index contributed by atoms with van der Waals surface area (Å²) in [6.07, 6.45) is 7.91. The smallest absolute Gasteiger partial charge is 0.262 e. The van der Waals surface area contributed by atoms with Crippen molar-refractivity contribution in [2.45, 2.75) is 71.5 Å². The van der Waals surface area contributed by atoms with Crippen LogP contribution in [0.4, 0.5) is 0 Å². The van der Waals surface area contributed by atoms with Gasteiger partial charge in [0.2, 0.25) is 0 Å². The van der Waals surface area contributed by atoms with Gasteiger partial charge < -0.3 is 4.98 Å². The first kappa shape index (κ1) is 16.8. The lowest BCUT2D eigenvalue weighted by atomic mass is 9.70. The van der Waals surface area contributed by atoms with E-state index in [4.69, 9.17) is 4.98 Å². The summed E-state index contributed by atoms with van der Waals surface area (Å²) in [4.78, 5) is 22.6. The predicted octanol–water partition coefficient (Wildman–Crippen LogP) is 2.84. The second kappa shape index (κ2) is 5.94. The van der Waals surface area contributed by atoms with E-state index in [1.54, 1.807) is 10.9 Å². The number of rotatable bonds is 4. The number of hydrogen-bond acceptors (Lipinski definition) is 4. The van der Waals surface area contributed by atoms with E-state index >= 15 is 0 Å². The predicted molar refractivity (Wildman–Crippen MR) is 98.3 cm³/mol. The van der Waals surface area contributed by atoms with E-state index in [9.17, 15) is 4.79 Å². The molecule has 2 aliphatic rings. The fourth-order valence-corrected chi connectivity index (χ4v) is 4.84. The first-order valence-corrected chi connectivity index (χ1v) is 9.49. The molecule has 4 rings (SSSR count). The monoisotopic (exact) mass is 343 g/mol. The van der Waals surface area contributed by atoms with Crippen molar-refractivity contribution in [2.75, 3.05) is 0 Å². The van der Waals surface area contributed by atoms with Gasteiger partial charge in [-0.2, -0.15) is 5.10 Å². The highest BCUT2D eigenvalue weighted by Gasteiger charge is 2.40. The normalized spacial score (nSPS) is 26.4. The van der Waals surface area contributed by atoms with Gasteiger partial charge in [-0.1, -0.05) is 20.8 Å². The van der Waals surface area contributed by atoms with Gasteiger partial charge in [0.25, 0.3) is 5.56 Å². The molecule has 2 aromatic heterocycles. The average Bonchev–Trinajstić information content (AvgIpc) is 3.27. The van der Waals surface area contributed by atoms with Gasteiger partial charge in [0.1, 0.15) is 11.2 Å². The highest BCUT2D eigenvalue weighted by atomic mass is 16.1. The largest absolute Gasteiger partial charge is 0.309 e. The summed E-state index contributed by atoms with van der Waals surface area (Å²) in [5.74, 6) is 1.52. The van der Waals surface area contributed by atoms with E-state index in [1.807, 2.05) is 7.05 Å². The van der Waals surface area contributed by atoms with E-state index in [1.165, 1.54) is 32.1 Å². The Morgan fingerprint density at radius 3 is 2.76 bits per heavy atom. The van der Waals surface area contributed by atoms with Crippen LogP contribution in [0, 0.1) is 11.3 Å². The fourth-order valence-electron chi connectivity index (χ4n) is 4.84. The molecule has 0 aliphatic heterocycles. The van der Waals surface area contributed by atoms with Crippen molar-refractivity contribution in [1.29, 1.82) is 0 Å². The number of nitrogens with one attached hydrogen (secondary N) is 1. The van der Waals surface area contributed by atoms with E-state index in [2.05, 4.69) is 35.8 Å². The first-order chi connectivity index (χ1) is 11.8. The van der Waals surface area contributed by atoms with Gasteiger partial charge in [0.05, 0.1) is 12.7 Å². The van der Waals surface area contributed by atoms with Gasteiger partial charge in [0.15, 0.2) is 5.65 Å². The number of aromatic nitrogens is 4. The number of aryl methyl sites for hydroxylation is 1. The molecule has 1 N–H and O–H groups in total. The molecule has 0 aromatic carbocycles. The zero-order chi connectivity index (χ0) is 17.8. The lowest BCUT2D eigenvalue weighted by Gasteiger charge is -2.44. The topological polar surface area (TPSA) is 66.8 Å². The van der Waals surface area contributed by atoms with Crippen molar-refractivity contribution < 1.29 is 0 Å². The summed E-state index contributed by atoms with van der Waals surface area (Å²) >= 11 is 0. The summed E-state index contributed by atoms with van der Waals surface area (Å²) in [5.41, 5.74) is 0.982. The highest BCUT2D eigenvalue weighted by Crippen LogP contribution is 2.43. The van der Waals surface area contributed by atoms with Crippen LogP contribution in [-0.2, 0) is 13.6 Å². The Morgan fingerprint density at radius 1 is 1.32 bits per heavy atom. The van der Waals surface area contributed by atoms with Crippen LogP contribution >= 0.6 is 0 Å². The second-order valence-corrected chi connectivity index (χ2v) is 8.99.